The molecule has 0 radical (unpaired) electrons. The van der Waals surface area contributed by atoms with Gasteiger partial charge >= 0.3 is 13.7 Å². The van der Waals surface area contributed by atoms with Gasteiger partial charge in [-0.2, -0.15) is 15.1 Å². The van der Waals surface area contributed by atoms with E-state index in [-0.39, 0.29) is 34.3 Å². The summed E-state index contributed by atoms with van der Waals surface area (Å²) < 4.78 is 71.6. The van der Waals surface area contributed by atoms with Gasteiger partial charge in [-0.1, -0.05) is 6.07 Å². The van der Waals surface area contributed by atoms with E-state index in [1.807, 2.05) is 0 Å². The average molecular weight is 730 g/mol. The number of carbonyl (C=O) groups excluding carboxylic acids is 1. The number of carbonyl (C=O) groups is 1. The molecule has 1 aliphatic heterocycles. The minimum atomic E-state index is -4.58. The van der Waals surface area contributed by atoms with Gasteiger partial charge in [0.1, 0.15) is 53.7 Å². The van der Waals surface area contributed by atoms with E-state index in [9.17, 15) is 28.4 Å². The van der Waals surface area contributed by atoms with Crippen molar-refractivity contribution in [3.8, 4) is 11.6 Å². The zero-order valence-electron chi connectivity index (χ0n) is 27.7. The van der Waals surface area contributed by atoms with Crippen LogP contribution in [0.25, 0.3) is 22.1 Å². The predicted molar refractivity (Wildman–Crippen MR) is 176 cm³/mol. The van der Waals surface area contributed by atoms with Crippen LogP contribution in [0, 0.1) is 18.6 Å². The Hall–Kier alpha value is -4.84. The van der Waals surface area contributed by atoms with Gasteiger partial charge in [0.25, 0.3) is 0 Å². The fourth-order valence-electron chi connectivity index (χ4n) is 5.60. The second kappa shape index (κ2) is 14.1. The van der Waals surface area contributed by atoms with Crippen molar-refractivity contribution in [2.75, 3.05) is 19.5 Å². The molecule has 16 nitrogen and oxygen atoms in total. The fraction of sp³-hybridized carbons (Fsp3) is 0.344. The monoisotopic (exact) mass is 729 g/mol. The first kappa shape index (κ1) is 36.0. The molecule has 4 heterocycles. The van der Waals surface area contributed by atoms with Crippen LogP contribution >= 0.6 is 7.75 Å². The van der Waals surface area contributed by atoms with E-state index < -0.39 is 68.6 Å². The van der Waals surface area contributed by atoms with Crippen LogP contribution in [0.1, 0.15) is 31.5 Å². The van der Waals surface area contributed by atoms with Crippen molar-refractivity contribution >= 4 is 41.7 Å². The molecule has 6 unspecified atom stereocenters. The molecule has 0 aliphatic carbocycles. The lowest BCUT2D eigenvalue weighted by molar-refractivity contribution is -0.146. The Morgan fingerprint density at radius 3 is 2.73 bits per heavy atom. The number of imidazole rings is 1. The van der Waals surface area contributed by atoms with E-state index in [1.54, 1.807) is 37.4 Å². The average Bonchev–Trinajstić information content (AvgIpc) is 3.52. The molecule has 0 spiro atoms. The van der Waals surface area contributed by atoms with E-state index in [0.29, 0.717) is 22.8 Å². The molecule has 0 amide bonds. The molecule has 1 fully saturated rings. The van der Waals surface area contributed by atoms with Gasteiger partial charge in [0, 0.05) is 23.2 Å². The molecule has 1 saturated heterocycles. The second-order valence-corrected chi connectivity index (χ2v) is 13.6. The summed E-state index contributed by atoms with van der Waals surface area (Å²) in [6.45, 7) is 3.08. The maximum atomic E-state index is 14.4. The number of hydrogen-bond acceptors (Lipinski definition) is 14. The fourth-order valence-corrected chi connectivity index (χ4v) is 7.12. The number of aryl methyl sites for hydroxylation is 1. The highest BCUT2D eigenvalue weighted by Gasteiger charge is 2.54. The Bertz CT molecular complexity index is 2150. The van der Waals surface area contributed by atoms with Gasteiger partial charge in [-0.15, -0.1) is 0 Å². The summed E-state index contributed by atoms with van der Waals surface area (Å²) in [5.74, 6) is -2.34. The predicted octanol–water partition coefficient (Wildman–Crippen LogP) is 3.49. The summed E-state index contributed by atoms with van der Waals surface area (Å²) in [6, 6.07) is 9.57. The molecular weight excluding hydrogens is 695 g/mol. The quantitative estimate of drug-likeness (QED) is 0.107. The van der Waals surface area contributed by atoms with Crippen LogP contribution in [0.3, 0.4) is 0 Å². The lowest BCUT2D eigenvalue weighted by Crippen LogP contribution is -2.44. The standard InChI is InChI=1S/C32H34F2N7O9P/c1-16(29(43)47-14-18-10-11-19(33)13-21(18)34)40-51(45,50-23-9-5-8-22-20(23)7-6-12-36-22)48-15-24-26(42)32(3,44)30(49-24)41-17(2)37-25-27(41)38-31(35)39-28(25)46-4/h5-13,16,24,26,30,42,44H,14-15H2,1-4H3,(H,40,45)(H2,35,38,39). The highest BCUT2D eigenvalue weighted by atomic mass is 31.2. The molecule has 270 valence electrons. The van der Waals surface area contributed by atoms with Crippen LogP contribution in [-0.4, -0.2) is 78.3 Å². The van der Waals surface area contributed by atoms with E-state index in [0.717, 1.165) is 12.1 Å². The molecule has 6 rings (SSSR count). The Kier molecular flexibility index (Phi) is 9.91. The lowest BCUT2D eigenvalue weighted by atomic mass is 9.96. The van der Waals surface area contributed by atoms with E-state index in [2.05, 4.69) is 25.0 Å². The van der Waals surface area contributed by atoms with E-state index in [4.69, 9.17) is 29.0 Å². The van der Waals surface area contributed by atoms with Crippen molar-refractivity contribution in [1.29, 1.82) is 0 Å². The molecule has 5 aromatic rings. The van der Waals surface area contributed by atoms with Gasteiger partial charge in [-0.3, -0.25) is 18.9 Å². The van der Waals surface area contributed by atoms with Crippen molar-refractivity contribution in [3.05, 3.63) is 77.8 Å². The maximum Gasteiger partial charge on any atom is 0.459 e. The van der Waals surface area contributed by atoms with Crippen molar-refractivity contribution in [1.82, 2.24) is 29.6 Å². The lowest BCUT2D eigenvalue weighted by Gasteiger charge is -2.28. The first-order chi connectivity index (χ1) is 24.2. The zero-order valence-corrected chi connectivity index (χ0v) is 28.6. The van der Waals surface area contributed by atoms with Crippen LogP contribution < -0.4 is 20.1 Å². The number of benzene rings is 2. The topological polar surface area (TPSA) is 215 Å². The third-order valence-corrected chi connectivity index (χ3v) is 9.84. The number of anilines is 1. The highest BCUT2D eigenvalue weighted by molar-refractivity contribution is 7.52. The normalized spacial score (nSPS) is 22.2. The van der Waals surface area contributed by atoms with Crippen LogP contribution in [0.15, 0.2) is 54.7 Å². The SMILES string of the molecule is COc1nc(N)nc2c1nc(C)n2C1OC(COP(=O)(NC(C)C(=O)OCc2ccc(F)cc2F)Oc2cccc3ncccc23)C(O)C1(C)O. The summed E-state index contributed by atoms with van der Waals surface area (Å²) >= 11 is 0. The molecular formula is C32H34F2N7O9P. The number of ether oxygens (including phenoxy) is 3. The number of nitrogens with zero attached hydrogens (tertiary/aromatic N) is 5. The number of esters is 1. The Labute approximate surface area is 289 Å². The number of nitrogens with one attached hydrogen (secondary N) is 1. The summed E-state index contributed by atoms with van der Waals surface area (Å²) in [4.78, 5) is 29.9. The third kappa shape index (κ3) is 7.19. The smallest absolute Gasteiger partial charge is 0.459 e. The number of aliphatic hydroxyl groups excluding tert-OH is 1. The molecule has 6 atom stereocenters. The number of rotatable bonds is 12. The van der Waals surface area contributed by atoms with Gasteiger partial charge < -0.3 is 34.7 Å². The van der Waals surface area contributed by atoms with Gasteiger partial charge in [0.2, 0.25) is 11.8 Å². The largest absolute Gasteiger partial charge is 0.479 e. The molecule has 3 aromatic heterocycles. The number of methoxy groups -OCH3 is 1. The van der Waals surface area contributed by atoms with E-state index >= 15 is 0 Å². The van der Waals surface area contributed by atoms with Gasteiger partial charge in [0.05, 0.1) is 19.2 Å². The van der Waals surface area contributed by atoms with Crippen molar-refractivity contribution in [3.63, 3.8) is 0 Å². The summed E-state index contributed by atoms with van der Waals surface area (Å²) in [7, 11) is -3.20. The molecule has 0 saturated carbocycles. The molecule has 1 aliphatic rings. The van der Waals surface area contributed by atoms with Gasteiger partial charge in [-0.05, 0) is 57.2 Å². The number of aromatic nitrogens is 5. The summed E-state index contributed by atoms with van der Waals surface area (Å²) in [5.41, 5.74) is 4.71. The number of pyridine rings is 1. The number of hydrogen-bond donors (Lipinski definition) is 4. The minimum absolute atomic E-state index is 0.0786. The molecule has 19 heteroatoms. The highest BCUT2D eigenvalue weighted by Crippen LogP contribution is 2.48. The number of fused-ring (bicyclic) bond motifs is 2. The zero-order chi connectivity index (χ0) is 36.7. The molecule has 2 aromatic carbocycles. The van der Waals surface area contributed by atoms with Gasteiger partial charge in [-0.25, -0.2) is 18.3 Å². The third-order valence-electron chi connectivity index (χ3n) is 8.21. The van der Waals surface area contributed by atoms with Gasteiger partial charge in [0.15, 0.2) is 17.4 Å². The van der Waals surface area contributed by atoms with Crippen LogP contribution in [0.5, 0.6) is 11.6 Å². The second-order valence-electron chi connectivity index (χ2n) is 11.9. The Balaban J connectivity index is 1.25. The van der Waals surface area contributed by atoms with Crippen LogP contribution in [0.2, 0.25) is 0 Å². The first-order valence-corrected chi connectivity index (χ1v) is 17.0. The molecule has 51 heavy (non-hydrogen) atoms. The van der Waals surface area contributed by atoms with Crippen molar-refractivity contribution < 1.29 is 51.6 Å². The van der Waals surface area contributed by atoms with Crippen molar-refractivity contribution in [2.45, 2.75) is 57.5 Å². The summed E-state index contributed by atoms with van der Waals surface area (Å²) in [6.07, 6.45) is -2.68. The first-order valence-electron chi connectivity index (χ1n) is 15.5. The number of nitrogens with two attached hydrogens (primary N) is 1. The van der Waals surface area contributed by atoms with E-state index in [1.165, 1.54) is 31.6 Å². The number of halogens is 2. The number of aliphatic hydroxyl groups is 2. The van der Waals surface area contributed by atoms with Crippen molar-refractivity contribution in [2.24, 2.45) is 0 Å². The van der Waals surface area contributed by atoms with Crippen LogP contribution in [-0.2, 0) is 30.0 Å². The minimum Gasteiger partial charge on any atom is -0.479 e. The maximum absolute atomic E-state index is 14.4. The Morgan fingerprint density at radius 1 is 1.20 bits per heavy atom. The number of nitrogen functional groups attached to an aromatic ring is 1. The molecule has 0 bridgehead atoms. The molecule has 5 N–H and O–H groups in total. The summed E-state index contributed by atoms with van der Waals surface area (Å²) in [5, 5.41) is 25.8. The Morgan fingerprint density at radius 2 is 1.98 bits per heavy atom. The van der Waals surface area contributed by atoms with Crippen LogP contribution in [0.4, 0.5) is 14.7 Å².